The maximum Gasteiger partial charge on any atom is 0.238 e. The first-order chi connectivity index (χ1) is 10.1. The first-order valence-electron chi connectivity index (χ1n) is 6.90. The summed E-state index contributed by atoms with van der Waals surface area (Å²) in [6.07, 6.45) is 0. The van der Waals surface area contributed by atoms with Gasteiger partial charge in [-0.15, -0.1) is 0 Å². The number of benzene rings is 2. The normalized spacial score (nSPS) is 12.0. The summed E-state index contributed by atoms with van der Waals surface area (Å²) >= 11 is 3.46. The van der Waals surface area contributed by atoms with E-state index in [4.69, 9.17) is 0 Å². The third-order valence-electron chi connectivity index (χ3n) is 3.27. The van der Waals surface area contributed by atoms with Gasteiger partial charge in [0.05, 0.1) is 12.2 Å². The van der Waals surface area contributed by atoms with Crippen molar-refractivity contribution in [1.29, 1.82) is 0 Å². The number of hydrogen-bond acceptors (Lipinski definition) is 2. The zero-order valence-corrected chi connectivity index (χ0v) is 13.8. The minimum atomic E-state index is -0.0534. The second-order valence-corrected chi connectivity index (χ2v) is 5.90. The van der Waals surface area contributed by atoms with Crippen LogP contribution in [0.4, 0.5) is 5.69 Å². The van der Waals surface area contributed by atoms with Crippen molar-refractivity contribution < 1.29 is 4.79 Å². The Morgan fingerprint density at radius 1 is 1.19 bits per heavy atom. The van der Waals surface area contributed by atoms with Crippen LogP contribution in [0.1, 0.15) is 24.1 Å². The molecule has 3 nitrogen and oxygen atoms in total. The van der Waals surface area contributed by atoms with Crippen LogP contribution in [0.5, 0.6) is 0 Å². The Kier molecular flexibility index (Phi) is 5.53. The van der Waals surface area contributed by atoms with Gasteiger partial charge in [0.2, 0.25) is 5.91 Å². The highest BCUT2D eigenvalue weighted by atomic mass is 79.9. The van der Waals surface area contributed by atoms with E-state index in [-0.39, 0.29) is 18.5 Å². The van der Waals surface area contributed by atoms with Gasteiger partial charge in [-0.2, -0.15) is 0 Å². The van der Waals surface area contributed by atoms with Crippen LogP contribution in [0.3, 0.4) is 0 Å². The third-order valence-corrected chi connectivity index (χ3v) is 3.92. The standard InChI is InChI=1S/C17H19BrN2O/c1-12-8-9-16(15(18)10-12)20-17(21)11-19-13(2)14-6-4-3-5-7-14/h3-10,13,19H,11H2,1-2H3,(H,20,21)/t13-/m0/s1. The molecule has 0 bridgehead atoms. The zero-order valence-electron chi connectivity index (χ0n) is 12.2. The van der Waals surface area contributed by atoms with E-state index in [2.05, 4.69) is 26.6 Å². The Labute approximate surface area is 133 Å². The number of aryl methyl sites for hydroxylation is 1. The van der Waals surface area contributed by atoms with Crippen molar-refractivity contribution in [2.75, 3.05) is 11.9 Å². The molecule has 0 unspecified atom stereocenters. The van der Waals surface area contributed by atoms with E-state index in [1.165, 1.54) is 5.56 Å². The van der Waals surface area contributed by atoms with Crippen molar-refractivity contribution in [3.05, 3.63) is 64.1 Å². The molecule has 110 valence electrons. The molecule has 0 saturated carbocycles. The molecule has 0 aliphatic rings. The van der Waals surface area contributed by atoms with Gasteiger partial charge in [0, 0.05) is 10.5 Å². The lowest BCUT2D eigenvalue weighted by molar-refractivity contribution is -0.115. The van der Waals surface area contributed by atoms with E-state index in [9.17, 15) is 4.79 Å². The molecule has 4 heteroatoms. The van der Waals surface area contributed by atoms with Crippen LogP contribution in [0, 0.1) is 6.92 Å². The van der Waals surface area contributed by atoms with E-state index >= 15 is 0 Å². The van der Waals surface area contributed by atoms with Crippen LogP contribution >= 0.6 is 15.9 Å². The van der Waals surface area contributed by atoms with Crippen LogP contribution in [0.25, 0.3) is 0 Å². The molecule has 0 aromatic heterocycles. The van der Waals surface area contributed by atoms with Gasteiger partial charge >= 0.3 is 0 Å². The van der Waals surface area contributed by atoms with Gasteiger partial charge in [-0.25, -0.2) is 0 Å². The van der Waals surface area contributed by atoms with Gasteiger partial charge in [-0.3, -0.25) is 4.79 Å². The number of carbonyl (C=O) groups excluding carboxylic acids is 1. The fourth-order valence-corrected chi connectivity index (χ4v) is 2.61. The molecular formula is C17H19BrN2O. The fraction of sp³-hybridized carbons (Fsp3) is 0.235. The first kappa shape index (κ1) is 15.7. The van der Waals surface area contributed by atoms with Crippen molar-refractivity contribution in [3.63, 3.8) is 0 Å². The highest BCUT2D eigenvalue weighted by molar-refractivity contribution is 9.10. The van der Waals surface area contributed by atoms with Crippen LogP contribution in [-0.2, 0) is 4.79 Å². The zero-order chi connectivity index (χ0) is 15.2. The van der Waals surface area contributed by atoms with Crippen molar-refractivity contribution in [1.82, 2.24) is 5.32 Å². The van der Waals surface area contributed by atoms with Crippen LogP contribution < -0.4 is 10.6 Å². The summed E-state index contributed by atoms with van der Waals surface area (Å²) in [6, 6.07) is 16.1. The van der Waals surface area contributed by atoms with Gasteiger partial charge in [-0.05, 0) is 53.0 Å². The molecule has 0 aliphatic heterocycles. The quantitative estimate of drug-likeness (QED) is 0.857. The molecule has 0 heterocycles. The molecule has 0 saturated heterocycles. The molecule has 1 atom stereocenters. The number of hydrogen-bond donors (Lipinski definition) is 2. The number of anilines is 1. The van der Waals surface area contributed by atoms with Crippen molar-refractivity contribution in [3.8, 4) is 0 Å². The van der Waals surface area contributed by atoms with Gasteiger partial charge in [0.25, 0.3) is 0 Å². The smallest absolute Gasteiger partial charge is 0.238 e. The van der Waals surface area contributed by atoms with E-state index in [1.54, 1.807) is 0 Å². The number of halogens is 1. The highest BCUT2D eigenvalue weighted by Crippen LogP contribution is 2.23. The summed E-state index contributed by atoms with van der Waals surface area (Å²) in [5, 5.41) is 6.12. The molecule has 1 amide bonds. The van der Waals surface area contributed by atoms with Gasteiger partial charge in [0.15, 0.2) is 0 Å². The fourth-order valence-electron chi connectivity index (χ4n) is 2.02. The Morgan fingerprint density at radius 2 is 1.90 bits per heavy atom. The minimum Gasteiger partial charge on any atom is -0.324 e. The SMILES string of the molecule is Cc1ccc(NC(=O)CN[C@@H](C)c2ccccc2)c(Br)c1. The van der Waals surface area contributed by atoms with Gasteiger partial charge in [0.1, 0.15) is 0 Å². The number of amides is 1. The van der Waals surface area contributed by atoms with Crippen LogP contribution in [0.15, 0.2) is 53.0 Å². The Balaban J connectivity index is 1.87. The molecule has 21 heavy (non-hydrogen) atoms. The second kappa shape index (κ2) is 7.38. The molecule has 2 rings (SSSR count). The maximum absolute atomic E-state index is 12.0. The summed E-state index contributed by atoms with van der Waals surface area (Å²) in [5.41, 5.74) is 3.11. The van der Waals surface area contributed by atoms with E-state index in [0.717, 1.165) is 15.7 Å². The lowest BCUT2D eigenvalue weighted by Crippen LogP contribution is -2.30. The largest absolute Gasteiger partial charge is 0.324 e. The van der Waals surface area contributed by atoms with Gasteiger partial charge < -0.3 is 10.6 Å². The highest BCUT2D eigenvalue weighted by Gasteiger charge is 2.09. The summed E-state index contributed by atoms with van der Waals surface area (Å²) < 4.78 is 0.895. The predicted molar refractivity (Wildman–Crippen MR) is 90.4 cm³/mol. The molecular weight excluding hydrogens is 328 g/mol. The monoisotopic (exact) mass is 346 g/mol. The van der Waals surface area contributed by atoms with Crippen LogP contribution in [-0.4, -0.2) is 12.5 Å². The lowest BCUT2D eigenvalue weighted by atomic mass is 10.1. The van der Waals surface area contributed by atoms with Crippen molar-refractivity contribution in [2.45, 2.75) is 19.9 Å². The molecule has 2 aromatic carbocycles. The average Bonchev–Trinajstić information content (AvgIpc) is 2.48. The second-order valence-electron chi connectivity index (χ2n) is 5.04. The topological polar surface area (TPSA) is 41.1 Å². The number of carbonyl (C=O) groups is 1. The number of nitrogens with one attached hydrogen (secondary N) is 2. The van der Waals surface area contributed by atoms with Gasteiger partial charge in [-0.1, -0.05) is 36.4 Å². The lowest BCUT2D eigenvalue weighted by Gasteiger charge is -2.14. The Morgan fingerprint density at radius 3 is 2.57 bits per heavy atom. The van der Waals surface area contributed by atoms with Crippen molar-refractivity contribution >= 4 is 27.5 Å². The number of rotatable bonds is 5. The minimum absolute atomic E-state index is 0.0534. The summed E-state index contributed by atoms with van der Waals surface area (Å²) in [5.74, 6) is -0.0534. The summed E-state index contributed by atoms with van der Waals surface area (Å²) in [7, 11) is 0. The molecule has 0 radical (unpaired) electrons. The molecule has 2 N–H and O–H groups in total. The Bertz CT molecular complexity index is 613. The van der Waals surface area contributed by atoms with E-state index in [0.29, 0.717) is 0 Å². The average molecular weight is 347 g/mol. The maximum atomic E-state index is 12.0. The van der Waals surface area contributed by atoms with Crippen LogP contribution in [0.2, 0.25) is 0 Å². The summed E-state index contributed by atoms with van der Waals surface area (Å²) in [4.78, 5) is 12.0. The molecule has 0 fully saturated rings. The van der Waals surface area contributed by atoms with E-state index < -0.39 is 0 Å². The Hall–Kier alpha value is -1.65. The predicted octanol–water partition coefficient (Wildman–Crippen LogP) is 4.05. The first-order valence-corrected chi connectivity index (χ1v) is 7.70. The molecule has 0 spiro atoms. The van der Waals surface area contributed by atoms with Crippen molar-refractivity contribution in [2.24, 2.45) is 0 Å². The molecule has 0 aliphatic carbocycles. The summed E-state index contributed by atoms with van der Waals surface area (Å²) in [6.45, 7) is 4.33. The van der Waals surface area contributed by atoms with E-state index in [1.807, 2.05) is 62.4 Å². The molecule has 2 aromatic rings. The third kappa shape index (κ3) is 4.69.